The van der Waals surface area contributed by atoms with Crippen LogP contribution in [0, 0.1) is 0 Å². The second-order valence-corrected chi connectivity index (χ2v) is 8.76. The zero-order valence-electron chi connectivity index (χ0n) is 15.9. The Morgan fingerprint density at radius 2 is 1.69 bits per heavy atom. The lowest BCUT2D eigenvalue weighted by molar-refractivity contribution is 0.0985. The van der Waals surface area contributed by atoms with Crippen LogP contribution in [0.5, 0.6) is 11.5 Å². The van der Waals surface area contributed by atoms with Crippen molar-refractivity contribution >= 4 is 55.8 Å². The first-order chi connectivity index (χ1) is 13.9. The Labute approximate surface area is 182 Å². The van der Waals surface area contributed by atoms with E-state index in [1.54, 1.807) is 23.1 Å². The molecule has 2 aromatic carbocycles. The number of anilines is 1. The van der Waals surface area contributed by atoms with E-state index in [0.29, 0.717) is 58.5 Å². The highest BCUT2D eigenvalue weighted by Gasteiger charge is 2.23. The topological polar surface area (TPSA) is 54.9 Å². The summed E-state index contributed by atoms with van der Waals surface area (Å²) >= 11 is 13.6. The van der Waals surface area contributed by atoms with E-state index in [4.69, 9.17) is 37.7 Å². The van der Waals surface area contributed by atoms with Gasteiger partial charge in [0.15, 0.2) is 16.6 Å². The Balaban J connectivity index is 1.73. The van der Waals surface area contributed by atoms with Crippen molar-refractivity contribution in [1.82, 2.24) is 9.88 Å². The van der Waals surface area contributed by atoms with E-state index in [0.717, 1.165) is 10.2 Å². The molecule has 0 fully saturated rings. The minimum absolute atomic E-state index is 0.201. The van der Waals surface area contributed by atoms with Gasteiger partial charge >= 0.3 is 0 Å². The standard InChI is InChI=1S/C20H19Cl2N3O3S/c1-24(2)3-4-25(19(26)12-7-13(21)9-14(22)8-12)20-23-15-10-16-17(11-18(15)29-20)28-6-5-27-16/h7-11H,3-6H2,1-2H3. The second kappa shape index (κ2) is 8.36. The van der Waals surface area contributed by atoms with Gasteiger partial charge in [-0.2, -0.15) is 0 Å². The number of hydrogen-bond donors (Lipinski definition) is 0. The molecule has 0 atom stereocenters. The molecule has 29 heavy (non-hydrogen) atoms. The van der Waals surface area contributed by atoms with E-state index in [1.165, 1.54) is 11.3 Å². The van der Waals surface area contributed by atoms with Crippen LogP contribution in [-0.4, -0.2) is 56.2 Å². The van der Waals surface area contributed by atoms with Crippen LogP contribution in [0.25, 0.3) is 10.2 Å². The van der Waals surface area contributed by atoms with Gasteiger partial charge in [0, 0.05) is 40.8 Å². The predicted octanol–water partition coefficient (Wildman–Crippen LogP) is 4.58. The number of thiazole rings is 1. The van der Waals surface area contributed by atoms with Gasteiger partial charge in [0.2, 0.25) is 0 Å². The van der Waals surface area contributed by atoms with Crippen molar-refractivity contribution in [1.29, 1.82) is 0 Å². The van der Waals surface area contributed by atoms with Gasteiger partial charge in [0.05, 0.1) is 10.2 Å². The van der Waals surface area contributed by atoms with Crippen molar-refractivity contribution in [2.75, 3.05) is 45.3 Å². The van der Waals surface area contributed by atoms with Crippen molar-refractivity contribution in [2.45, 2.75) is 0 Å². The average Bonchev–Trinajstić information content (AvgIpc) is 3.07. The Bertz CT molecular complexity index is 1010. The molecule has 9 heteroatoms. The van der Waals surface area contributed by atoms with Crippen molar-refractivity contribution in [3.8, 4) is 11.5 Å². The molecule has 0 saturated heterocycles. The SMILES string of the molecule is CN(C)CCN(C(=O)c1cc(Cl)cc(Cl)c1)c1nc2cc3c(cc2s1)OCCO3. The molecule has 1 amide bonds. The number of fused-ring (bicyclic) bond motifs is 2. The molecule has 1 aliphatic heterocycles. The van der Waals surface area contributed by atoms with Crippen LogP contribution in [0.3, 0.4) is 0 Å². The molecule has 0 spiro atoms. The van der Waals surface area contributed by atoms with Gasteiger partial charge in [-0.1, -0.05) is 34.5 Å². The maximum absolute atomic E-state index is 13.3. The number of aromatic nitrogens is 1. The van der Waals surface area contributed by atoms with Gasteiger partial charge in [-0.05, 0) is 32.3 Å². The van der Waals surface area contributed by atoms with Gasteiger partial charge in [-0.25, -0.2) is 4.98 Å². The Morgan fingerprint density at radius 1 is 1.03 bits per heavy atom. The van der Waals surface area contributed by atoms with Crippen LogP contribution in [0.2, 0.25) is 10.0 Å². The quantitative estimate of drug-likeness (QED) is 0.567. The number of likely N-dealkylation sites (N-methyl/N-ethyl adjacent to an activating group) is 1. The molecular weight excluding hydrogens is 433 g/mol. The van der Waals surface area contributed by atoms with E-state index >= 15 is 0 Å². The van der Waals surface area contributed by atoms with Crippen molar-refractivity contribution < 1.29 is 14.3 Å². The summed E-state index contributed by atoms with van der Waals surface area (Å²) in [7, 11) is 3.92. The van der Waals surface area contributed by atoms with Crippen LogP contribution in [0.1, 0.15) is 10.4 Å². The summed E-state index contributed by atoms with van der Waals surface area (Å²) in [5.74, 6) is 1.17. The number of nitrogens with zero attached hydrogens (tertiary/aromatic N) is 3. The van der Waals surface area contributed by atoms with Gasteiger partial charge in [0.25, 0.3) is 5.91 Å². The van der Waals surface area contributed by atoms with Crippen LogP contribution in [0.15, 0.2) is 30.3 Å². The molecular formula is C20H19Cl2N3O3S. The lowest BCUT2D eigenvalue weighted by Crippen LogP contribution is -2.36. The van der Waals surface area contributed by atoms with Crippen molar-refractivity contribution in [3.63, 3.8) is 0 Å². The van der Waals surface area contributed by atoms with Crippen molar-refractivity contribution in [3.05, 3.63) is 45.9 Å². The molecule has 6 nitrogen and oxygen atoms in total. The maximum atomic E-state index is 13.3. The highest BCUT2D eigenvalue weighted by Crippen LogP contribution is 2.39. The lowest BCUT2D eigenvalue weighted by Gasteiger charge is -2.22. The summed E-state index contributed by atoms with van der Waals surface area (Å²) in [6.07, 6.45) is 0. The third-order valence-electron chi connectivity index (χ3n) is 4.40. The molecule has 0 radical (unpaired) electrons. The molecule has 0 bridgehead atoms. The molecule has 3 aromatic rings. The summed E-state index contributed by atoms with van der Waals surface area (Å²) in [5.41, 5.74) is 1.19. The molecule has 2 heterocycles. The number of benzene rings is 2. The average molecular weight is 452 g/mol. The fourth-order valence-electron chi connectivity index (χ4n) is 2.99. The minimum Gasteiger partial charge on any atom is -0.486 e. The third kappa shape index (κ3) is 4.43. The number of carbonyl (C=O) groups excluding carboxylic acids is 1. The van der Waals surface area contributed by atoms with E-state index in [9.17, 15) is 4.79 Å². The zero-order chi connectivity index (χ0) is 20.5. The first-order valence-electron chi connectivity index (χ1n) is 9.03. The fraction of sp³-hybridized carbons (Fsp3) is 0.300. The Kier molecular flexibility index (Phi) is 5.83. The Morgan fingerprint density at radius 3 is 2.34 bits per heavy atom. The highest BCUT2D eigenvalue weighted by molar-refractivity contribution is 7.22. The summed E-state index contributed by atoms with van der Waals surface area (Å²) < 4.78 is 12.2. The van der Waals surface area contributed by atoms with Gasteiger partial charge in [0.1, 0.15) is 13.2 Å². The molecule has 4 rings (SSSR count). The molecule has 0 aliphatic carbocycles. The fourth-order valence-corrected chi connectivity index (χ4v) is 4.51. The molecule has 0 unspecified atom stereocenters. The lowest BCUT2D eigenvalue weighted by atomic mass is 10.2. The minimum atomic E-state index is -0.201. The van der Waals surface area contributed by atoms with Gasteiger partial charge in [-0.15, -0.1) is 0 Å². The second-order valence-electron chi connectivity index (χ2n) is 6.88. The predicted molar refractivity (Wildman–Crippen MR) is 117 cm³/mol. The highest BCUT2D eigenvalue weighted by atomic mass is 35.5. The van der Waals surface area contributed by atoms with E-state index < -0.39 is 0 Å². The zero-order valence-corrected chi connectivity index (χ0v) is 18.3. The van der Waals surface area contributed by atoms with E-state index in [-0.39, 0.29) is 5.91 Å². The van der Waals surface area contributed by atoms with Gasteiger partial charge < -0.3 is 14.4 Å². The maximum Gasteiger partial charge on any atom is 0.260 e. The normalized spacial score (nSPS) is 13.1. The number of ether oxygens (including phenoxy) is 2. The molecule has 0 saturated carbocycles. The van der Waals surface area contributed by atoms with E-state index in [2.05, 4.69) is 0 Å². The van der Waals surface area contributed by atoms with Crippen LogP contribution >= 0.6 is 34.5 Å². The smallest absolute Gasteiger partial charge is 0.260 e. The molecule has 1 aromatic heterocycles. The number of halogens is 2. The van der Waals surface area contributed by atoms with Crippen LogP contribution in [-0.2, 0) is 0 Å². The summed E-state index contributed by atoms with van der Waals surface area (Å²) in [6.45, 7) is 2.19. The van der Waals surface area contributed by atoms with E-state index in [1.807, 2.05) is 31.1 Å². The number of carbonyl (C=O) groups is 1. The number of amides is 1. The summed E-state index contributed by atoms with van der Waals surface area (Å²) in [4.78, 5) is 21.7. The molecule has 0 N–H and O–H groups in total. The number of rotatable bonds is 5. The van der Waals surface area contributed by atoms with Crippen LogP contribution in [0.4, 0.5) is 5.13 Å². The molecule has 1 aliphatic rings. The third-order valence-corrected chi connectivity index (χ3v) is 5.88. The Hall–Kier alpha value is -2.06. The number of hydrogen-bond acceptors (Lipinski definition) is 6. The first kappa shape index (κ1) is 20.2. The first-order valence-corrected chi connectivity index (χ1v) is 10.6. The monoisotopic (exact) mass is 451 g/mol. The summed E-state index contributed by atoms with van der Waals surface area (Å²) in [6, 6.07) is 8.61. The largest absolute Gasteiger partial charge is 0.486 e. The molecule has 152 valence electrons. The summed E-state index contributed by atoms with van der Waals surface area (Å²) in [5, 5.41) is 1.43. The van der Waals surface area contributed by atoms with Gasteiger partial charge in [-0.3, -0.25) is 9.69 Å². The van der Waals surface area contributed by atoms with Crippen molar-refractivity contribution in [2.24, 2.45) is 0 Å². The van der Waals surface area contributed by atoms with Crippen LogP contribution < -0.4 is 14.4 Å².